The number of piperidine rings is 1. The van der Waals surface area contributed by atoms with Gasteiger partial charge >= 0.3 is 0 Å². The average molecular weight is 273 g/mol. The van der Waals surface area contributed by atoms with Gasteiger partial charge in [0, 0.05) is 31.2 Å². The van der Waals surface area contributed by atoms with Gasteiger partial charge in [-0.3, -0.25) is 19.8 Å². The summed E-state index contributed by atoms with van der Waals surface area (Å²) in [5.74, 6) is -0.305. The van der Waals surface area contributed by atoms with Gasteiger partial charge in [-0.05, 0) is 25.6 Å². The summed E-state index contributed by atoms with van der Waals surface area (Å²) in [6.07, 6.45) is 1.07. The van der Waals surface area contributed by atoms with Crippen molar-refractivity contribution in [2.24, 2.45) is 0 Å². The standard InChI is InChI=1S/C15H19N3O2/c1-17(13-7-8-14(19)16-15(13)20)12-9-18(10-12)11-5-3-2-4-6-11/h2-6,12-13H,7-10H2,1H3,(H,16,19,20). The Morgan fingerprint density at radius 1 is 1.20 bits per heavy atom. The smallest absolute Gasteiger partial charge is 0.243 e. The van der Waals surface area contributed by atoms with Gasteiger partial charge in [-0.15, -0.1) is 0 Å². The molecule has 2 heterocycles. The van der Waals surface area contributed by atoms with Crippen molar-refractivity contribution in [2.45, 2.75) is 24.9 Å². The Hall–Kier alpha value is -1.88. The van der Waals surface area contributed by atoms with Gasteiger partial charge in [0.25, 0.3) is 0 Å². The Bertz CT molecular complexity index is 511. The van der Waals surface area contributed by atoms with Crippen LogP contribution in [0.5, 0.6) is 0 Å². The molecule has 2 amide bonds. The van der Waals surface area contributed by atoms with Crippen molar-refractivity contribution in [3.63, 3.8) is 0 Å². The summed E-state index contributed by atoms with van der Waals surface area (Å²) in [4.78, 5) is 27.4. The first kappa shape index (κ1) is 13.1. The molecule has 0 aromatic heterocycles. The highest BCUT2D eigenvalue weighted by Gasteiger charge is 2.38. The summed E-state index contributed by atoms with van der Waals surface area (Å²) in [5, 5.41) is 2.42. The molecule has 5 heteroatoms. The summed E-state index contributed by atoms with van der Waals surface area (Å²) < 4.78 is 0. The monoisotopic (exact) mass is 273 g/mol. The van der Waals surface area contributed by atoms with Crippen molar-refractivity contribution in [3.8, 4) is 0 Å². The number of likely N-dealkylation sites (N-methyl/N-ethyl adjacent to an activating group) is 1. The zero-order chi connectivity index (χ0) is 14.1. The van der Waals surface area contributed by atoms with Gasteiger partial charge in [-0.25, -0.2) is 0 Å². The van der Waals surface area contributed by atoms with Crippen molar-refractivity contribution in [3.05, 3.63) is 30.3 Å². The fourth-order valence-electron chi connectivity index (χ4n) is 2.89. The van der Waals surface area contributed by atoms with Crippen LogP contribution in [-0.2, 0) is 9.59 Å². The van der Waals surface area contributed by atoms with Crippen LogP contribution in [0.15, 0.2) is 30.3 Å². The molecule has 1 aromatic carbocycles. The van der Waals surface area contributed by atoms with Crippen LogP contribution in [0.25, 0.3) is 0 Å². The number of carbonyl (C=O) groups is 2. The summed E-state index contributed by atoms with van der Waals surface area (Å²) >= 11 is 0. The second-order valence-corrected chi connectivity index (χ2v) is 5.53. The largest absolute Gasteiger partial charge is 0.368 e. The van der Waals surface area contributed by atoms with E-state index in [0.717, 1.165) is 13.1 Å². The molecule has 1 N–H and O–H groups in total. The number of hydrogen-bond acceptors (Lipinski definition) is 4. The molecular formula is C15H19N3O2. The molecule has 20 heavy (non-hydrogen) atoms. The van der Waals surface area contributed by atoms with Crippen LogP contribution in [0.3, 0.4) is 0 Å². The van der Waals surface area contributed by atoms with E-state index in [-0.39, 0.29) is 17.9 Å². The summed E-state index contributed by atoms with van der Waals surface area (Å²) in [6, 6.07) is 10.5. The molecule has 0 spiro atoms. The molecule has 1 aromatic rings. The molecular weight excluding hydrogens is 254 g/mol. The minimum Gasteiger partial charge on any atom is -0.368 e. The number of amides is 2. The molecule has 2 saturated heterocycles. The quantitative estimate of drug-likeness (QED) is 0.820. The number of rotatable bonds is 3. The lowest BCUT2D eigenvalue weighted by Gasteiger charge is -2.47. The topological polar surface area (TPSA) is 52.6 Å². The van der Waals surface area contributed by atoms with E-state index in [4.69, 9.17) is 0 Å². The highest BCUT2D eigenvalue weighted by molar-refractivity contribution is 6.00. The molecule has 0 aliphatic carbocycles. The second kappa shape index (κ2) is 5.25. The third-order valence-electron chi connectivity index (χ3n) is 4.26. The van der Waals surface area contributed by atoms with Gasteiger partial charge in [0.15, 0.2) is 0 Å². The van der Waals surface area contributed by atoms with Gasteiger partial charge < -0.3 is 4.90 Å². The highest BCUT2D eigenvalue weighted by Crippen LogP contribution is 2.25. The van der Waals surface area contributed by atoms with Crippen LogP contribution in [0.1, 0.15) is 12.8 Å². The lowest BCUT2D eigenvalue weighted by atomic mass is 9.99. The maximum absolute atomic E-state index is 11.9. The van der Waals surface area contributed by atoms with E-state index in [9.17, 15) is 9.59 Å². The molecule has 1 atom stereocenters. The Morgan fingerprint density at radius 3 is 2.55 bits per heavy atom. The number of nitrogens with one attached hydrogen (secondary N) is 1. The molecule has 2 aliphatic rings. The first-order valence-corrected chi connectivity index (χ1v) is 7.01. The summed E-state index contributed by atoms with van der Waals surface area (Å²) in [7, 11) is 1.98. The molecule has 2 fully saturated rings. The van der Waals surface area contributed by atoms with E-state index < -0.39 is 0 Å². The van der Waals surface area contributed by atoms with Crippen LogP contribution in [0, 0.1) is 0 Å². The third kappa shape index (κ3) is 2.41. The van der Waals surface area contributed by atoms with Crippen LogP contribution >= 0.6 is 0 Å². The predicted molar refractivity (Wildman–Crippen MR) is 76.4 cm³/mol. The number of anilines is 1. The van der Waals surface area contributed by atoms with Crippen LogP contribution in [-0.4, -0.2) is 48.9 Å². The number of carbonyl (C=O) groups excluding carboxylic acids is 2. The maximum Gasteiger partial charge on any atom is 0.243 e. The number of para-hydroxylation sites is 1. The SMILES string of the molecule is CN(C1CN(c2ccccc2)C1)C1CCC(=O)NC1=O. The molecule has 0 radical (unpaired) electrons. The van der Waals surface area contributed by atoms with E-state index in [1.807, 2.05) is 25.2 Å². The lowest BCUT2D eigenvalue weighted by Crippen LogP contribution is -2.64. The maximum atomic E-state index is 11.9. The van der Waals surface area contributed by atoms with E-state index in [2.05, 4.69) is 27.2 Å². The van der Waals surface area contributed by atoms with Crippen LogP contribution in [0.2, 0.25) is 0 Å². The first-order chi connectivity index (χ1) is 9.65. The highest BCUT2D eigenvalue weighted by atomic mass is 16.2. The van der Waals surface area contributed by atoms with Gasteiger partial charge in [-0.2, -0.15) is 0 Å². The molecule has 5 nitrogen and oxygen atoms in total. The average Bonchev–Trinajstić information content (AvgIpc) is 2.38. The van der Waals surface area contributed by atoms with E-state index in [1.54, 1.807) is 0 Å². The number of nitrogens with zero attached hydrogens (tertiary/aromatic N) is 2. The summed E-state index contributed by atoms with van der Waals surface area (Å²) in [6.45, 7) is 1.86. The van der Waals surface area contributed by atoms with Crippen molar-refractivity contribution in [1.29, 1.82) is 0 Å². The number of hydrogen-bond donors (Lipinski definition) is 1. The van der Waals surface area contributed by atoms with Crippen molar-refractivity contribution in [2.75, 3.05) is 25.0 Å². The van der Waals surface area contributed by atoms with Crippen LogP contribution < -0.4 is 10.2 Å². The van der Waals surface area contributed by atoms with Crippen molar-refractivity contribution >= 4 is 17.5 Å². The zero-order valence-corrected chi connectivity index (χ0v) is 11.6. The van der Waals surface area contributed by atoms with Gasteiger partial charge in [0.2, 0.25) is 11.8 Å². The summed E-state index contributed by atoms with van der Waals surface area (Å²) in [5.41, 5.74) is 1.22. The van der Waals surface area contributed by atoms with E-state index >= 15 is 0 Å². The van der Waals surface area contributed by atoms with E-state index in [1.165, 1.54) is 5.69 Å². The van der Waals surface area contributed by atoms with Crippen molar-refractivity contribution < 1.29 is 9.59 Å². The fourth-order valence-corrected chi connectivity index (χ4v) is 2.89. The Morgan fingerprint density at radius 2 is 1.90 bits per heavy atom. The van der Waals surface area contributed by atoms with Gasteiger partial charge in [0.1, 0.15) is 0 Å². The third-order valence-corrected chi connectivity index (χ3v) is 4.26. The van der Waals surface area contributed by atoms with E-state index in [0.29, 0.717) is 18.9 Å². The molecule has 0 bridgehead atoms. The molecule has 2 aliphatic heterocycles. The lowest BCUT2D eigenvalue weighted by molar-refractivity contribution is -0.138. The molecule has 3 rings (SSSR count). The normalized spacial score (nSPS) is 23.7. The van der Waals surface area contributed by atoms with Gasteiger partial charge in [0.05, 0.1) is 6.04 Å². The Labute approximate surface area is 118 Å². The Kier molecular flexibility index (Phi) is 3.44. The molecule has 106 valence electrons. The second-order valence-electron chi connectivity index (χ2n) is 5.53. The Balaban J connectivity index is 1.57. The molecule has 1 unspecified atom stereocenters. The number of benzene rings is 1. The van der Waals surface area contributed by atoms with Crippen molar-refractivity contribution in [1.82, 2.24) is 10.2 Å². The minimum absolute atomic E-state index is 0.151. The predicted octanol–water partition coefficient (Wildman–Crippen LogP) is 0.612. The van der Waals surface area contributed by atoms with Gasteiger partial charge in [-0.1, -0.05) is 18.2 Å². The first-order valence-electron chi connectivity index (χ1n) is 7.01. The minimum atomic E-state index is -0.171. The fraction of sp³-hybridized carbons (Fsp3) is 0.467. The molecule has 0 saturated carbocycles. The number of imide groups is 1. The van der Waals surface area contributed by atoms with Crippen LogP contribution in [0.4, 0.5) is 5.69 Å². The zero-order valence-electron chi connectivity index (χ0n) is 11.6.